The van der Waals surface area contributed by atoms with Crippen molar-refractivity contribution in [1.29, 1.82) is 0 Å². The molecule has 122 valence electrons. The smallest absolute Gasteiger partial charge is 0.224 e. The largest absolute Gasteiger partial charge is 0.354 e. The number of anilines is 3. The number of aryl methyl sites for hydroxylation is 1. The fourth-order valence-electron chi connectivity index (χ4n) is 2.38. The van der Waals surface area contributed by atoms with Gasteiger partial charge in [0.25, 0.3) is 0 Å². The molecule has 3 rings (SSSR count). The van der Waals surface area contributed by atoms with Gasteiger partial charge in [-0.2, -0.15) is 4.98 Å². The third-order valence-corrected chi connectivity index (χ3v) is 4.22. The van der Waals surface area contributed by atoms with Gasteiger partial charge in [0.1, 0.15) is 5.82 Å². The molecule has 5 heteroatoms. The summed E-state index contributed by atoms with van der Waals surface area (Å²) in [5.74, 6) is 1.41. The number of hydrogen-bond acceptors (Lipinski definition) is 4. The molecule has 0 bridgehead atoms. The molecule has 0 aliphatic heterocycles. The number of rotatable bonds is 6. The zero-order chi connectivity index (χ0) is 16.8. The van der Waals surface area contributed by atoms with E-state index in [1.54, 1.807) is 0 Å². The Kier molecular flexibility index (Phi) is 5.43. The fourth-order valence-corrected chi connectivity index (χ4v) is 2.76. The standard InChI is InChI=1S/C19H19BrN4/c1-14-13-18(23-17-10-6-5-9-16(17)20)24-19(22-14)21-12-11-15-7-3-2-4-8-15/h2-10,13H,11-12H2,1H3,(H2,21,22,23,24). The van der Waals surface area contributed by atoms with Gasteiger partial charge in [-0.25, -0.2) is 4.98 Å². The van der Waals surface area contributed by atoms with Crippen LogP contribution in [0.1, 0.15) is 11.3 Å². The first-order valence-corrected chi connectivity index (χ1v) is 8.65. The van der Waals surface area contributed by atoms with Crippen LogP contribution in [0.2, 0.25) is 0 Å². The van der Waals surface area contributed by atoms with Gasteiger partial charge in [0.15, 0.2) is 0 Å². The van der Waals surface area contributed by atoms with Crippen molar-refractivity contribution in [1.82, 2.24) is 9.97 Å². The van der Waals surface area contributed by atoms with Crippen molar-refractivity contribution in [2.45, 2.75) is 13.3 Å². The Morgan fingerprint density at radius 2 is 1.71 bits per heavy atom. The molecule has 1 heterocycles. The Morgan fingerprint density at radius 3 is 2.50 bits per heavy atom. The van der Waals surface area contributed by atoms with Crippen molar-refractivity contribution in [3.63, 3.8) is 0 Å². The van der Waals surface area contributed by atoms with E-state index in [1.807, 2.05) is 43.3 Å². The van der Waals surface area contributed by atoms with E-state index < -0.39 is 0 Å². The summed E-state index contributed by atoms with van der Waals surface area (Å²) in [7, 11) is 0. The Labute approximate surface area is 150 Å². The normalized spacial score (nSPS) is 10.4. The van der Waals surface area contributed by atoms with Crippen molar-refractivity contribution in [2.75, 3.05) is 17.2 Å². The molecule has 0 aliphatic carbocycles. The summed E-state index contributed by atoms with van der Waals surface area (Å²) in [4.78, 5) is 9.00. The molecule has 1 aromatic heterocycles. The van der Waals surface area contributed by atoms with E-state index in [0.29, 0.717) is 5.95 Å². The molecule has 0 saturated carbocycles. The average Bonchev–Trinajstić information content (AvgIpc) is 2.57. The second kappa shape index (κ2) is 7.93. The van der Waals surface area contributed by atoms with Crippen molar-refractivity contribution < 1.29 is 0 Å². The van der Waals surface area contributed by atoms with Gasteiger partial charge in [-0.05, 0) is 47.0 Å². The number of nitrogens with one attached hydrogen (secondary N) is 2. The number of benzene rings is 2. The zero-order valence-corrected chi connectivity index (χ0v) is 15.0. The van der Waals surface area contributed by atoms with Crippen LogP contribution >= 0.6 is 15.9 Å². The van der Waals surface area contributed by atoms with Gasteiger partial charge >= 0.3 is 0 Å². The summed E-state index contributed by atoms with van der Waals surface area (Å²) in [6.07, 6.45) is 0.936. The van der Waals surface area contributed by atoms with Crippen LogP contribution in [-0.4, -0.2) is 16.5 Å². The molecule has 0 aliphatic rings. The Balaban J connectivity index is 1.66. The summed E-state index contributed by atoms with van der Waals surface area (Å²) in [5, 5.41) is 6.62. The predicted octanol–water partition coefficient (Wildman–Crippen LogP) is 4.95. The lowest BCUT2D eigenvalue weighted by molar-refractivity contribution is 0.976. The number of aromatic nitrogens is 2. The van der Waals surface area contributed by atoms with Gasteiger partial charge in [0.2, 0.25) is 5.95 Å². The van der Waals surface area contributed by atoms with Crippen LogP contribution in [0.4, 0.5) is 17.5 Å². The molecule has 0 spiro atoms. The van der Waals surface area contributed by atoms with E-state index >= 15 is 0 Å². The summed E-state index contributed by atoms with van der Waals surface area (Å²) in [6.45, 7) is 2.76. The Hall–Kier alpha value is -2.40. The third-order valence-electron chi connectivity index (χ3n) is 3.53. The van der Waals surface area contributed by atoms with Crippen LogP contribution in [0.3, 0.4) is 0 Å². The van der Waals surface area contributed by atoms with Crippen LogP contribution < -0.4 is 10.6 Å². The lowest BCUT2D eigenvalue weighted by Crippen LogP contribution is -2.09. The van der Waals surface area contributed by atoms with Crippen molar-refractivity contribution >= 4 is 33.4 Å². The molecule has 0 amide bonds. The highest BCUT2D eigenvalue weighted by atomic mass is 79.9. The maximum absolute atomic E-state index is 4.55. The third kappa shape index (κ3) is 4.55. The van der Waals surface area contributed by atoms with Gasteiger partial charge in [0.05, 0.1) is 5.69 Å². The summed E-state index contributed by atoms with van der Waals surface area (Å²) < 4.78 is 1.000. The molecule has 3 aromatic rings. The summed E-state index contributed by atoms with van der Waals surface area (Å²) >= 11 is 3.54. The van der Waals surface area contributed by atoms with Crippen LogP contribution in [0.5, 0.6) is 0 Å². The zero-order valence-electron chi connectivity index (χ0n) is 13.5. The minimum absolute atomic E-state index is 0.639. The SMILES string of the molecule is Cc1cc(Nc2ccccc2Br)nc(NCCc2ccccc2)n1. The van der Waals surface area contributed by atoms with Gasteiger partial charge in [-0.15, -0.1) is 0 Å². The maximum atomic E-state index is 4.55. The highest BCUT2D eigenvalue weighted by Crippen LogP contribution is 2.25. The number of para-hydroxylation sites is 1. The van der Waals surface area contributed by atoms with Crippen molar-refractivity contribution in [3.05, 3.63) is 76.4 Å². The van der Waals surface area contributed by atoms with E-state index in [9.17, 15) is 0 Å². The second-order valence-corrected chi connectivity index (χ2v) is 6.34. The fraction of sp³-hybridized carbons (Fsp3) is 0.158. The quantitative estimate of drug-likeness (QED) is 0.633. The average molecular weight is 383 g/mol. The van der Waals surface area contributed by atoms with Crippen LogP contribution in [-0.2, 0) is 6.42 Å². The van der Waals surface area contributed by atoms with Crippen LogP contribution in [0.15, 0.2) is 65.1 Å². The van der Waals surface area contributed by atoms with Crippen LogP contribution in [0.25, 0.3) is 0 Å². The molecule has 0 saturated heterocycles. The molecule has 0 unspecified atom stereocenters. The van der Waals surface area contributed by atoms with Gasteiger partial charge < -0.3 is 10.6 Å². The van der Waals surface area contributed by atoms with E-state index in [0.717, 1.165) is 34.6 Å². The highest BCUT2D eigenvalue weighted by molar-refractivity contribution is 9.10. The van der Waals surface area contributed by atoms with Crippen molar-refractivity contribution in [2.24, 2.45) is 0 Å². The summed E-state index contributed by atoms with van der Waals surface area (Å²) in [5.41, 5.74) is 3.19. The molecule has 24 heavy (non-hydrogen) atoms. The van der Waals surface area contributed by atoms with Gasteiger partial charge in [-0.3, -0.25) is 0 Å². The molecule has 2 N–H and O–H groups in total. The topological polar surface area (TPSA) is 49.8 Å². The Bertz CT molecular complexity index is 805. The summed E-state index contributed by atoms with van der Waals surface area (Å²) in [6, 6.07) is 20.3. The number of hydrogen-bond donors (Lipinski definition) is 2. The number of nitrogens with zero attached hydrogens (tertiary/aromatic N) is 2. The molecule has 2 aromatic carbocycles. The molecule has 0 radical (unpaired) electrons. The lowest BCUT2D eigenvalue weighted by Gasteiger charge is -2.11. The Morgan fingerprint density at radius 1 is 0.958 bits per heavy atom. The van der Waals surface area contributed by atoms with E-state index in [4.69, 9.17) is 0 Å². The maximum Gasteiger partial charge on any atom is 0.224 e. The van der Waals surface area contributed by atoms with Crippen molar-refractivity contribution in [3.8, 4) is 0 Å². The molecule has 0 fully saturated rings. The first kappa shape index (κ1) is 16.5. The lowest BCUT2D eigenvalue weighted by atomic mass is 10.1. The molecular weight excluding hydrogens is 364 g/mol. The van der Waals surface area contributed by atoms with E-state index in [1.165, 1.54) is 5.56 Å². The van der Waals surface area contributed by atoms with Crippen LogP contribution in [0, 0.1) is 6.92 Å². The molecular formula is C19H19BrN4. The van der Waals surface area contributed by atoms with Gasteiger partial charge in [0, 0.05) is 22.8 Å². The minimum Gasteiger partial charge on any atom is -0.354 e. The minimum atomic E-state index is 0.639. The molecule has 4 nitrogen and oxygen atoms in total. The van der Waals surface area contributed by atoms with E-state index in [-0.39, 0.29) is 0 Å². The monoisotopic (exact) mass is 382 g/mol. The number of halogens is 1. The van der Waals surface area contributed by atoms with Gasteiger partial charge in [-0.1, -0.05) is 42.5 Å². The second-order valence-electron chi connectivity index (χ2n) is 5.49. The van der Waals surface area contributed by atoms with E-state index in [2.05, 4.69) is 60.8 Å². The predicted molar refractivity (Wildman–Crippen MR) is 103 cm³/mol. The highest BCUT2D eigenvalue weighted by Gasteiger charge is 2.04. The molecule has 0 atom stereocenters. The first-order valence-electron chi connectivity index (χ1n) is 7.86. The first-order chi connectivity index (χ1) is 11.7.